The van der Waals surface area contributed by atoms with Gasteiger partial charge in [0, 0.05) is 6.20 Å². The van der Waals surface area contributed by atoms with Crippen molar-refractivity contribution in [3.8, 4) is 11.5 Å². The van der Waals surface area contributed by atoms with Gasteiger partial charge in [-0.3, -0.25) is 15.2 Å². The smallest absolute Gasteiger partial charge is 0.266 e. The molecule has 2 rings (SSSR count). The first-order chi connectivity index (χ1) is 10.2. The van der Waals surface area contributed by atoms with E-state index in [4.69, 9.17) is 15.3 Å². The molecule has 0 aliphatic carbocycles. The Kier molecular flexibility index (Phi) is 5.11. The van der Waals surface area contributed by atoms with Crippen LogP contribution in [0, 0.1) is 0 Å². The largest absolute Gasteiger partial charge is 0.494 e. The van der Waals surface area contributed by atoms with Crippen LogP contribution in [0.2, 0.25) is 0 Å². The van der Waals surface area contributed by atoms with Gasteiger partial charge in [0.1, 0.15) is 18.1 Å². The highest BCUT2D eigenvalue weighted by Crippen LogP contribution is 2.18. The second-order valence-electron chi connectivity index (χ2n) is 4.20. The first-order valence-corrected chi connectivity index (χ1v) is 6.54. The van der Waals surface area contributed by atoms with Crippen LogP contribution >= 0.6 is 0 Å². The Morgan fingerprint density at radius 3 is 2.33 bits per heavy atom. The first-order valence-electron chi connectivity index (χ1n) is 6.54. The minimum Gasteiger partial charge on any atom is -0.494 e. The van der Waals surface area contributed by atoms with Gasteiger partial charge < -0.3 is 9.47 Å². The van der Waals surface area contributed by atoms with Crippen molar-refractivity contribution < 1.29 is 14.3 Å². The minimum atomic E-state index is -0.374. The van der Waals surface area contributed by atoms with Crippen LogP contribution < -0.4 is 20.7 Å². The standard InChI is InChI=1S/C15H17N3O3/c1-2-20-13-5-7-14(8-6-13)21-10-12-4-3-11(9-17-12)15(19)18-16/h3-9H,2,10,16H2,1H3,(H,18,19). The number of carbonyl (C=O) groups excluding carboxylic acids is 1. The van der Waals surface area contributed by atoms with Gasteiger partial charge >= 0.3 is 0 Å². The van der Waals surface area contributed by atoms with Gasteiger partial charge in [0.15, 0.2) is 0 Å². The van der Waals surface area contributed by atoms with Crippen LogP contribution in [0.4, 0.5) is 0 Å². The van der Waals surface area contributed by atoms with E-state index in [1.165, 1.54) is 6.20 Å². The molecule has 1 amide bonds. The lowest BCUT2D eigenvalue weighted by atomic mass is 10.2. The van der Waals surface area contributed by atoms with E-state index in [9.17, 15) is 4.79 Å². The Hall–Kier alpha value is -2.60. The summed E-state index contributed by atoms with van der Waals surface area (Å²) in [6.07, 6.45) is 1.46. The van der Waals surface area contributed by atoms with Crippen LogP contribution in [-0.2, 0) is 6.61 Å². The predicted octanol–water partition coefficient (Wildman–Crippen LogP) is 1.66. The zero-order valence-electron chi connectivity index (χ0n) is 11.7. The average molecular weight is 287 g/mol. The summed E-state index contributed by atoms with van der Waals surface area (Å²) in [4.78, 5) is 15.4. The lowest BCUT2D eigenvalue weighted by Crippen LogP contribution is -2.30. The third-order valence-electron chi connectivity index (χ3n) is 2.74. The molecule has 0 unspecified atom stereocenters. The third kappa shape index (κ3) is 4.19. The zero-order chi connectivity index (χ0) is 15.1. The summed E-state index contributed by atoms with van der Waals surface area (Å²) in [5, 5.41) is 0. The number of carbonyl (C=O) groups is 1. The highest BCUT2D eigenvalue weighted by atomic mass is 16.5. The normalized spacial score (nSPS) is 10.0. The number of amides is 1. The van der Waals surface area contributed by atoms with Crippen LogP contribution in [0.3, 0.4) is 0 Å². The van der Waals surface area contributed by atoms with Gasteiger partial charge in [-0.15, -0.1) is 0 Å². The molecule has 1 heterocycles. The Labute approximate surface area is 122 Å². The Balaban J connectivity index is 1.91. The Morgan fingerprint density at radius 1 is 1.14 bits per heavy atom. The summed E-state index contributed by atoms with van der Waals surface area (Å²) in [7, 11) is 0. The summed E-state index contributed by atoms with van der Waals surface area (Å²) in [6.45, 7) is 2.88. The number of benzene rings is 1. The topological polar surface area (TPSA) is 86.5 Å². The molecule has 2 aromatic rings. The monoisotopic (exact) mass is 287 g/mol. The third-order valence-corrected chi connectivity index (χ3v) is 2.74. The zero-order valence-corrected chi connectivity index (χ0v) is 11.7. The second-order valence-corrected chi connectivity index (χ2v) is 4.20. The maximum atomic E-state index is 11.3. The fraction of sp³-hybridized carbons (Fsp3) is 0.200. The molecule has 0 radical (unpaired) electrons. The average Bonchev–Trinajstić information content (AvgIpc) is 2.54. The van der Waals surface area contributed by atoms with Gasteiger partial charge in [0.25, 0.3) is 5.91 Å². The number of nitrogen functional groups attached to an aromatic ring is 1. The Bertz CT molecular complexity index is 582. The molecule has 0 aliphatic heterocycles. The van der Waals surface area contributed by atoms with Gasteiger partial charge in [-0.1, -0.05) is 0 Å². The molecule has 0 aliphatic rings. The molecule has 0 spiro atoms. The van der Waals surface area contributed by atoms with Crippen molar-refractivity contribution in [1.29, 1.82) is 0 Å². The molecule has 0 bridgehead atoms. The number of pyridine rings is 1. The van der Waals surface area contributed by atoms with E-state index in [-0.39, 0.29) is 5.91 Å². The quantitative estimate of drug-likeness (QED) is 0.479. The van der Waals surface area contributed by atoms with Gasteiger partial charge in [-0.25, -0.2) is 5.84 Å². The van der Waals surface area contributed by atoms with E-state index in [0.29, 0.717) is 18.8 Å². The summed E-state index contributed by atoms with van der Waals surface area (Å²) < 4.78 is 11.0. The van der Waals surface area contributed by atoms with Gasteiger partial charge in [0.05, 0.1) is 17.9 Å². The number of hydrazine groups is 1. The predicted molar refractivity (Wildman–Crippen MR) is 77.8 cm³/mol. The van der Waals surface area contributed by atoms with Crippen molar-refractivity contribution in [3.05, 3.63) is 53.9 Å². The molecular formula is C15H17N3O3. The van der Waals surface area contributed by atoms with Crippen molar-refractivity contribution in [1.82, 2.24) is 10.4 Å². The van der Waals surface area contributed by atoms with E-state index in [2.05, 4.69) is 10.4 Å². The molecule has 6 heteroatoms. The highest BCUT2D eigenvalue weighted by molar-refractivity contribution is 5.93. The number of hydrogen-bond acceptors (Lipinski definition) is 5. The fourth-order valence-corrected chi connectivity index (χ4v) is 1.68. The summed E-state index contributed by atoms with van der Waals surface area (Å²) in [6, 6.07) is 10.7. The van der Waals surface area contributed by atoms with Crippen LogP contribution in [0.5, 0.6) is 11.5 Å². The van der Waals surface area contributed by atoms with Crippen LogP contribution in [0.15, 0.2) is 42.6 Å². The van der Waals surface area contributed by atoms with Crippen molar-refractivity contribution in [2.24, 2.45) is 5.84 Å². The van der Waals surface area contributed by atoms with Crippen LogP contribution in [-0.4, -0.2) is 17.5 Å². The molecule has 0 saturated heterocycles. The van der Waals surface area contributed by atoms with Gasteiger partial charge in [-0.05, 0) is 43.3 Å². The number of aromatic nitrogens is 1. The molecule has 1 aromatic carbocycles. The summed E-state index contributed by atoms with van der Waals surface area (Å²) in [5.41, 5.74) is 3.18. The van der Waals surface area contributed by atoms with Gasteiger partial charge in [0.2, 0.25) is 0 Å². The molecule has 6 nitrogen and oxygen atoms in total. The van der Waals surface area contributed by atoms with Crippen molar-refractivity contribution in [3.63, 3.8) is 0 Å². The fourth-order valence-electron chi connectivity index (χ4n) is 1.68. The number of hydrogen-bond donors (Lipinski definition) is 2. The molecule has 110 valence electrons. The van der Waals surface area contributed by atoms with Crippen LogP contribution in [0.25, 0.3) is 0 Å². The number of nitrogens with zero attached hydrogens (tertiary/aromatic N) is 1. The molecule has 21 heavy (non-hydrogen) atoms. The number of rotatable bonds is 6. The lowest BCUT2D eigenvalue weighted by molar-refractivity contribution is 0.0953. The number of nitrogens with one attached hydrogen (secondary N) is 1. The van der Waals surface area contributed by atoms with Crippen molar-refractivity contribution >= 4 is 5.91 Å². The highest BCUT2D eigenvalue weighted by Gasteiger charge is 2.04. The molecule has 1 aromatic heterocycles. The van der Waals surface area contributed by atoms with E-state index in [1.54, 1.807) is 12.1 Å². The van der Waals surface area contributed by atoms with Crippen molar-refractivity contribution in [2.75, 3.05) is 6.61 Å². The van der Waals surface area contributed by atoms with Gasteiger partial charge in [-0.2, -0.15) is 0 Å². The number of nitrogens with two attached hydrogens (primary N) is 1. The van der Waals surface area contributed by atoms with E-state index >= 15 is 0 Å². The SMILES string of the molecule is CCOc1ccc(OCc2ccc(C(=O)NN)cn2)cc1. The Morgan fingerprint density at radius 2 is 1.81 bits per heavy atom. The maximum absolute atomic E-state index is 11.3. The first kappa shape index (κ1) is 14.8. The van der Waals surface area contributed by atoms with Crippen molar-refractivity contribution in [2.45, 2.75) is 13.5 Å². The molecule has 0 atom stereocenters. The molecular weight excluding hydrogens is 270 g/mol. The van der Waals surface area contributed by atoms with E-state index in [0.717, 1.165) is 17.2 Å². The minimum absolute atomic E-state index is 0.318. The summed E-state index contributed by atoms with van der Waals surface area (Å²) in [5.74, 6) is 6.21. The van der Waals surface area contributed by atoms with Crippen LogP contribution in [0.1, 0.15) is 23.0 Å². The molecule has 0 saturated carbocycles. The summed E-state index contributed by atoms with van der Waals surface area (Å²) >= 11 is 0. The molecule has 0 fully saturated rings. The van der Waals surface area contributed by atoms with E-state index < -0.39 is 0 Å². The maximum Gasteiger partial charge on any atom is 0.266 e. The second kappa shape index (κ2) is 7.25. The lowest BCUT2D eigenvalue weighted by Gasteiger charge is -2.07. The molecule has 3 N–H and O–H groups in total. The van der Waals surface area contributed by atoms with E-state index in [1.807, 2.05) is 31.2 Å². The number of ether oxygens (including phenoxy) is 2.